The summed E-state index contributed by atoms with van der Waals surface area (Å²) >= 11 is 4.76. The molecule has 10 nitrogen and oxygen atoms in total. The molecule has 0 aliphatic carbocycles. The lowest BCUT2D eigenvalue weighted by Gasteiger charge is -2.26. The summed E-state index contributed by atoms with van der Waals surface area (Å²) in [5.41, 5.74) is 1.78. The Bertz CT molecular complexity index is 1950. The van der Waals surface area contributed by atoms with Gasteiger partial charge in [0.2, 0.25) is 0 Å². The quantitative estimate of drug-likeness (QED) is 0.250. The van der Waals surface area contributed by atoms with Crippen LogP contribution >= 0.6 is 27.3 Å². The van der Waals surface area contributed by atoms with Gasteiger partial charge in [0.1, 0.15) is 11.5 Å². The monoisotopic (exact) mass is 666 g/mol. The zero-order chi connectivity index (χ0) is 30.8. The minimum Gasteiger partial charge on any atom is -0.493 e. The third-order valence-corrected chi connectivity index (χ3v) is 8.48. The molecule has 222 valence electrons. The molecule has 1 aliphatic rings. The average molecular weight is 668 g/mol. The van der Waals surface area contributed by atoms with Crippen LogP contribution in [0.15, 0.2) is 78.5 Å². The number of allylic oxidation sites excluding steroid dienone is 1. The molecular formula is C31H27BrN2O8S. The van der Waals surface area contributed by atoms with E-state index in [1.165, 1.54) is 25.9 Å². The smallest absolute Gasteiger partial charge is 0.338 e. The Labute approximate surface area is 258 Å². The molecule has 2 aromatic carbocycles. The van der Waals surface area contributed by atoms with E-state index >= 15 is 0 Å². The molecule has 1 unspecified atom stereocenters. The summed E-state index contributed by atoms with van der Waals surface area (Å²) in [6.45, 7) is 3.58. The molecule has 0 fully saturated rings. The molecule has 1 atom stereocenters. The standard InChI is InChI=1S/C31H27BrN2O8S/c1-6-41-30(37)26-16(2)33-31-34(27(26)20-14-23(38-3)24(39-4)15-21(20)32)28(35)25(43-31)13-17-11-12-22(42-17)18-9-7-8-10-19(18)29(36)40-5/h7-15,27H,6H2,1-5H3. The van der Waals surface area contributed by atoms with E-state index in [9.17, 15) is 14.4 Å². The van der Waals surface area contributed by atoms with Crippen molar-refractivity contribution in [1.29, 1.82) is 0 Å². The Morgan fingerprint density at radius 3 is 2.49 bits per heavy atom. The normalized spacial score (nSPS) is 14.7. The highest BCUT2D eigenvalue weighted by Gasteiger charge is 2.35. The van der Waals surface area contributed by atoms with Crippen molar-refractivity contribution < 1.29 is 33.0 Å². The molecule has 2 aromatic heterocycles. The van der Waals surface area contributed by atoms with Crippen molar-refractivity contribution in [3.05, 3.63) is 101 Å². The maximum absolute atomic E-state index is 14.0. The number of thiazole rings is 1. The largest absolute Gasteiger partial charge is 0.493 e. The predicted molar refractivity (Wildman–Crippen MR) is 163 cm³/mol. The number of ether oxygens (including phenoxy) is 4. The Morgan fingerprint density at radius 2 is 1.79 bits per heavy atom. The first kappa shape index (κ1) is 30.1. The molecule has 0 radical (unpaired) electrons. The number of furan rings is 1. The molecule has 3 heterocycles. The van der Waals surface area contributed by atoms with E-state index in [-0.39, 0.29) is 17.7 Å². The molecule has 12 heteroatoms. The van der Waals surface area contributed by atoms with Crippen LogP contribution in [0, 0.1) is 0 Å². The number of nitrogens with zero attached hydrogens (tertiary/aromatic N) is 2. The Hall–Kier alpha value is -4.42. The van der Waals surface area contributed by atoms with Gasteiger partial charge in [-0.05, 0) is 49.7 Å². The lowest BCUT2D eigenvalue weighted by atomic mass is 9.95. The lowest BCUT2D eigenvalue weighted by molar-refractivity contribution is -0.139. The number of aromatic nitrogens is 1. The van der Waals surface area contributed by atoms with E-state index in [1.807, 2.05) is 0 Å². The predicted octanol–water partition coefficient (Wildman–Crippen LogP) is 4.62. The van der Waals surface area contributed by atoms with Crippen molar-refractivity contribution in [3.8, 4) is 22.8 Å². The zero-order valence-electron chi connectivity index (χ0n) is 23.9. The lowest BCUT2D eigenvalue weighted by Crippen LogP contribution is -2.40. The highest BCUT2D eigenvalue weighted by molar-refractivity contribution is 9.10. The van der Waals surface area contributed by atoms with Crippen LogP contribution in [0.3, 0.4) is 0 Å². The van der Waals surface area contributed by atoms with Gasteiger partial charge < -0.3 is 23.4 Å². The fourth-order valence-corrected chi connectivity index (χ4v) is 6.42. The van der Waals surface area contributed by atoms with E-state index in [2.05, 4.69) is 20.9 Å². The van der Waals surface area contributed by atoms with Gasteiger partial charge in [0, 0.05) is 16.1 Å². The number of carbonyl (C=O) groups is 2. The summed E-state index contributed by atoms with van der Waals surface area (Å²) < 4.78 is 29.7. The van der Waals surface area contributed by atoms with E-state index < -0.39 is 18.0 Å². The first-order chi connectivity index (χ1) is 20.7. The van der Waals surface area contributed by atoms with Gasteiger partial charge in [-0.3, -0.25) is 9.36 Å². The van der Waals surface area contributed by atoms with E-state index in [4.69, 9.17) is 23.4 Å². The van der Waals surface area contributed by atoms with Crippen molar-refractivity contribution in [2.75, 3.05) is 27.9 Å². The fourth-order valence-electron chi connectivity index (χ4n) is 4.86. The van der Waals surface area contributed by atoms with Crippen molar-refractivity contribution in [3.63, 3.8) is 0 Å². The van der Waals surface area contributed by atoms with Crippen molar-refractivity contribution in [2.45, 2.75) is 19.9 Å². The van der Waals surface area contributed by atoms with Crippen LogP contribution < -0.4 is 24.4 Å². The number of carbonyl (C=O) groups excluding carboxylic acids is 2. The summed E-state index contributed by atoms with van der Waals surface area (Å²) in [6, 6.07) is 12.9. The third-order valence-electron chi connectivity index (χ3n) is 6.81. The first-order valence-electron chi connectivity index (χ1n) is 13.1. The van der Waals surface area contributed by atoms with Gasteiger partial charge in [-0.25, -0.2) is 14.6 Å². The zero-order valence-corrected chi connectivity index (χ0v) is 26.3. The number of fused-ring (bicyclic) bond motifs is 1. The molecule has 5 rings (SSSR count). The van der Waals surface area contributed by atoms with Crippen LogP contribution in [0.25, 0.3) is 17.4 Å². The van der Waals surface area contributed by atoms with Crippen LogP contribution in [-0.4, -0.2) is 44.4 Å². The van der Waals surface area contributed by atoms with Crippen LogP contribution in [0.1, 0.15) is 41.6 Å². The molecular weight excluding hydrogens is 640 g/mol. The third kappa shape index (κ3) is 5.55. The first-order valence-corrected chi connectivity index (χ1v) is 14.7. The Balaban J connectivity index is 1.67. The number of benzene rings is 2. The molecule has 0 N–H and O–H groups in total. The fraction of sp³-hybridized carbons (Fsp3) is 0.226. The van der Waals surface area contributed by atoms with Gasteiger partial charge in [-0.15, -0.1) is 0 Å². The number of rotatable bonds is 8. The average Bonchev–Trinajstić information content (AvgIpc) is 3.59. The number of hydrogen-bond acceptors (Lipinski definition) is 10. The molecule has 1 aliphatic heterocycles. The molecule has 4 aromatic rings. The highest BCUT2D eigenvalue weighted by atomic mass is 79.9. The van der Waals surface area contributed by atoms with Gasteiger partial charge >= 0.3 is 11.9 Å². The van der Waals surface area contributed by atoms with E-state index in [0.717, 1.165) is 11.3 Å². The van der Waals surface area contributed by atoms with Gasteiger partial charge in [-0.2, -0.15) is 0 Å². The number of halogens is 1. The molecule has 0 saturated carbocycles. The van der Waals surface area contributed by atoms with Gasteiger partial charge in [0.25, 0.3) is 5.56 Å². The summed E-state index contributed by atoms with van der Waals surface area (Å²) in [6.07, 6.45) is 1.61. The summed E-state index contributed by atoms with van der Waals surface area (Å²) in [5, 5.41) is 0. The van der Waals surface area contributed by atoms with Crippen LogP contribution in [0.2, 0.25) is 0 Å². The van der Waals surface area contributed by atoms with Gasteiger partial charge in [0.05, 0.1) is 55.3 Å². The number of methoxy groups -OCH3 is 3. The van der Waals surface area contributed by atoms with Crippen molar-refractivity contribution >= 4 is 45.3 Å². The van der Waals surface area contributed by atoms with E-state index in [0.29, 0.717) is 59.2 Å². The highest BCUT2D eigenvalue weighted by Crippen LogP contribution is 2.40. The molecule has 0 bridgehead atoms. The Kier molecular flexibility index (Phi) is 8.69. The van der Waals surface area contributed by atoms with Crippen LogP contribution in [-0.2, 0) is 14.3 Å². The van der Waals surface area contributed by atoms with E-state index in [1.54, 1.807) is 68.5 Å². The summed E-state index contributed by atoms with van der Waals surface area (Å²) in [4.78, 5) is 44.6. The second kappa shape index (κ2) is 12.4. The molecule has 43 heavy (non-hydrogen) atoms. The number of esters is 2. The maximum atomic E-state index is 14.0. The van der Waals surface area contributed by atoms with Crippen LogP contribution in [0.4, 0.5) is 0 Å². The summed E-state index contributed by atoms with van der Waals surface area (Å²) in [5.74, 6) is 0.667. The van der Waals surface area contributed by atoms with Crippen LogP contribution in [0.5, 0.6) is 11.5 Å². The number of hydrogen-bond donors (Lipinski definition) is 0. The molecule has 0 amide bonds. The molecule has 0 spiro atoms. The minimum absolute atomic E-state index is 0.153. The van der Waals surface area contributed by atoms with Gasteiger partial charge in [-0.1, -0.05) is 45.5 Å². The maximum Gasteiger partial charge on any atom is 0.338 e. The minimum atomic E-state index is -0.870. The Morgan fingerprint density at radius 1 is 1.07 bits per heavy atom. The molecule has 0 saturated heterocycles. The topological polar surface area (TPSA) is 119 Å². The van der Waals surface area contributed by atoms with Gasteiger partial charge in [0.15, 0.2) is 16.3 Å². The second-order valence-corrected chi connectivity index (χ2v) is 11.1. The second-order valence-electron chi connectivity index (χ2n) is 9.27. The van der Waals surface area contributed by atoms with Crippen molar-refractivity contribution in [2.24, 2.45) is 4.99 Å². The SMILES string of the molecule is CCOC(=O)C1=C(C)N=c2sc(=Cc3ccc(-c4ccccc4C(=O)OC)o3)c(=O)n2C1c1cc(OC)c(OC)cc1Br. The summed E-state index contributed by atoms with van der Waals surface area (Å²) in [7, 11) is 4.35. The van der Waals surface area contributed by atoms with Crippen molar-refractivity contribution in [1.82, 2.24) is 4.57 Å².